The van der Waals surface area contributed by atoms with E-state index in [-0.39, 0.29) is 5.57 Å². The number of fused-ring (bicyclic) bond motifs is 1. The highest BCUT2D eigenvalue weighted by atomic mass is 16.5. The van der Waals surface area contributed by atoms with E-state index in [4.69, 9.17) is 9.84 Å². The molecule has 4 heteroatoms. The van der Waals surface area contributed by atoms with Gasteiger partial charge in [-0.05, 0) is 12.1 Å². The molecule has 0 bridgehead atoms. The summed E-state index contributed by atoms with van der Waals surface area (Å²) in [5.41, 5.74) is 1.55. The van der Waals surface area contributed by atoms with Gasteiger partial charge in [-0.3, -0.25) is 0 Å². The minimum atomic E-state index is -1.02. The van der Waals surface area contributed by atoms with Crippen LogP contribution in [-0.2, 0) is 9.53 Å². The predicted molar refractivity (Wildman–Crippen MR) is 60.9 cm³/mol. The van der Waals surface area contributed by atoms with E-state index in [1.165, 1.54) is 13.4 Å². The fourth-order valence-corrected chi connectivity index (χ4v) is 1.57. The maximum Gasteiger partial charge on any atom is 0.340 e. The van der Waals surface area contributed by atoms with Crippen molar-refractivity contribution in [3.05, 3.63) is 42.3 Å². The molecule has 0 amide bonds. The molecule has 2 N–H and O–H groups in total. The number of para-hydroxylation sites is 1. The van der Waals surface area contributed by atoms with Gasteiger partial charge in [-0.15, -0.1) is 0 Å². The number of nitrogens with one attached hydrogen (secondary N) is 1. The van der Waals surface area contributed by atoms with E-state index in [1.807, 2.05) is 24.3 Å². The van der Waals surface area contributed by atoms with Crippen LogP contribution in [0.3, 0.4) is 0 Å². The van der Waals surface area contributed by atoms with Crippen molar-refractivity contribution in [2.45, 2.75) is 0 Å². The molecule has 1 aromatic carbocycles. The van der Waals surface area contributed by atoms with Crippen molar-refractivity contribution in [3.63, 3.8) is 0 Å². The number of aromatic nitrogens is 1. The molecule has 2 aromatic rings. The summed E-state index contributed by atoms with van der Waals surface area (Å²) >= 11 is 0. The normalized spacial score (nSPS) is 11.7. The predicted octanol–water partition coefficient (Wildman–Crippen LogP) is 2.24. The van der Waals surface area contributed by atoms with E-state index < -0.39 is 5.97 Å². The lowest BCUT2D eigenvalue weighted by Crippen LogP contribution is -2.00. The summed E-state index contributed by atoms with van der Waals surface area (Å²) in [6, 6.07) is 9.39. The molecular weight excluding hydrogens is 206 g/mol. The average Bonchev–Trinajstić information content (AvgIpc) is 2.68. The summed E-state index contributed by atoms with van der Waals surface area (Å²) < 4.78 is 4.75. The molecule has 82 valence electrons. The summed E-state index contributed by atoms with van der Waals surface area (Å²) in [5, 5.41) is 9.99. The Kier molecular flexibility index (Phi) is 2.64. The van der Waals surface area contributed by atoms with Gasteiger partial charge in [0.2, 0.25) is 0 Å². The summed E-state index contributed by atoms with van der Waals surface area (Å²) in [5.74, 6) is -1.02. The molecule has 1 heterocycles. The van der Waals surface area contributed by atoms with Crippen molar-refractivity contribution >= 4 is 22.4 Å². The number of carboxylic acid groups (broad SMARTS) is 1. The first-order chi connectivity index (χ1) is 7.72. The minimum Gasteiger partial charge on any atom is -0.503 e. The molecule has 0 unspecified atom stereocenters. The molecule has 0 fully saturated rings. The van der Waals surface area contributed by atoms with Gasteiger partial charge >= 0.3 is 5.97 Å². The van der Waals surface area contributed by atoms with Crippen LogP contribution in [0.15, 0.2) is 36.6 Å². The summed E-state index contributed by atoms with van der Waals surface area (Å²) in [6.07, 6.45) is 1.22. The van der Waals surface area contributed by atoms with Gasteiger partial charge in [0.05, 0.1) is 19.1 Å². The molecule has 4 nitrogen and oxygen atoms in total. The van der Waals surface area contributed by atoms with Gasteiger partial charge in [-0.1, -0.05) is 18.2 Å². The van der Waals surface area contributed by atoms with Crippen LogP contribution in [0.2, 0.25) is 0 Å². The van der Waals surface area contributed by atoms with Gasteiger partial charge in [-0.25, -0.2) is 4.79 Å². The SMILES string of the molecule is COC=C(C(=O)O)c1cc2ccccc2[nH]1. The van der Waals surface area contributed by atoms with E-state index >= 15 is 0 Å². The van der Waals surface area contributed by atoms with Crippen molar-refractivity contribution in [1.82, 2.24) is 4.98 Å². The van der Waals surface area contributed by atoms with Crippen LogP contribution in [0, 0.1) is 0 Å². The molecule has 0 aliphatic rings. The van der Waals surface area contributed by atoms with Crippen molar-refractivity contribution < 1.29 is 14.6 Å². The number of carboxylic acids is 1. The van der Waals surface area contributed by atoms with Gasteiger partial charge < -0.3 is 14.8 Å². The molecule has 0 spiro atoms. The first kappa shape index (κ1) is 10.3. The third kappa shape index (κ3) is 1.77. The molecular formula is C12H11NO3. The lowest BCUT2D eigenvalue weighted by Gasteiger charge is -1.97. The third-order valence-electron chi connectivity index (χ3n) is 2.29. The van der Waals surface area contributed by atoms with Crippen LogP contribution in [0.1, 0.15) is 5.69 Å². The van der Waals surface area contributed by atoms with Crippen LogP contribution in [0.4, 0.5) is 0 Å². The number of hydrogen-bond acceptors (Lipinski definition) is 2. The van der Waals surface area contributed by atoms with Crippen molar-refractivity contribution in [3.8, 4) is 0 Å². The third-order valence-corrected chi connectivity index (χ3v) is 2.29. The molecule has 1 aromatic heterocycles. The number of H-pyrrole nitrogens is 1. The highest BCUT2D eigenvalue weighted by Crippen LogP contribution is 2.20. The number of benzene rings is 1. The van der Waals surface area contributed by atoms with E-state index in [1.54, 1.807) is 6.07 Å². The highest BCUT2D eigenvalue weighted by molar-refractivity contribution is 6.15. The molecule has 0 aliphatic heterocycles. The maximum absolute atomic E-state index is 11.0. The smallest absolute Gasteiger partial charge is 0.340 e. The summed E-state index contributed by atoms with van der Waals surface area (Å²) in [4.78, 5) is 14.0. The number of ether oxygens (including phenoxy) is 1. The topological polar surface area (TPSA) is 62.3 Å². The highest BCUT2D eigenvalue weighted by Gasteiger charge is 2.13. The molecule has 0 saturated heterocycles. The first-order valence-electron chi connectivity index (χ1n) is 4.77. The Labute approximate surface area is 92.2 Å². The number of aromatic amines is 1. The second kappa shape index (κ2) is 4.10. The summed E-state index contributed by atoms with van der Waals surface area (Å²) in [7, 11) is 1.42. The monoisotopic (exact) mass is 217 g/mol. The van der Waals surface area contributed by atoms with E-state index in [9.17, 15) is 4.79 Å². The zero-order chi connectivity index (χ0) is 11.5. The fraction of sp³-hybridized carbons (Fsp3) is 0.0833. The van der Waals surface area contributed by atoms with Gasteiger partial charge in [0.1, 0.15) is 5.57 Å². The standard InChI is InChI=1S/C12H11NO3/c1-16-7-9(12(14)15)11-6-8-4-2-3-5-10(8)13-11/h2-7,13H,1H3,(H,14,15). The zero-order valence-corrected chi connectivity index (χ0v) is 8.73. The number of rotatable bonds is 3. The molecule has 0 aliphatic carbocycles. The Morgan fingerprint density at radius 3 is 2.81 bits per heavy atom. The van der Waals surface area contributed by atoms with E-state index in [2.05, 4.69) is 4.98 Å². The largest absolute Gasteiger partial charge is 0.503 e. The quantitative estimate of drug-likeness (QED) is 0.612. The number of aliphatic carboxylic acids is 1. The lowest BCUT2D eigenvalue weighted by molar-refractivity contribution is -0.130. The van der Waals surface area contributed by atoms with Crippen LogP contribution in [0.25, 0.3) is 16.5 Å². The van der Waals surface area contributed by atoms with Crippen LogP contribution < -0.4 is 0 Å². The molecule has 0 radical (unpaired) electrons. The fourth-order valence-electron chi connectivity index (χ4n) is 1.57. The maximum atomic E-state index is 11.0. The minimum absolute atomic E-state index is 0.110. The number of methoxy groups -OCH3 is 1. The van der Waals surface area contributed by atoms with Crippen LogP contribution >= 0.6 is 0 Å². The number of hydrogen-bond donors (Lipinski definition) is 2. The van der Waals surface area contributed by atoms with Crippen molar-refractivity contribution in [2.75, 3.05) is 7.11 Å². The van der Waals surface area contributed by atoms with Gasteiger partial charge in [0.25, 0.3) is 0 Å². The molecule has 0 atom stereocenters. The average molecular weight is 217 g/mol. The molecule has 0 saturated carbocycles. The Balaban J connectivity index is 2.53. The van der Waals surface area contributed by atoms with Crippen LogP contribution in [0.5, 0.6) is 0 Å². The number of carbonyl (C=O) groups is 1. The Morgan fingerprint density at radius 1 is 1.44 bits per heavy atom. The second-order valence-corrected chi connectivity index (χ2v) is 3.34. The van der Waals surface area contributed by atoms with Gasteiger partial charge in [-0.2, -0.15) is 0 Å². The van der Waals surface area contributed by atoms with Crippen molar-refractivity contribution in [2.24, 2.45) is 0 Å². The Morgan fingerprint density at radius 2 is 2.19 bits per heavy atom. The Hall–Kier alpha value is -2.23. The molecule has 16 heavy (non-hydrogen) atoms. The van der Waals surface area contributed by atoms with E-state index in [0.29, 0.717) is 5.69 Å². The van der Waals surface area contributed by atoms with Crippen LogP contribution in [-0.4, -0.2) is 23.2 Å². The second-order valence-electron chi connectivity index (χ2n) is 3.34. The van der Waals surface area contributed by atoms with Gasteiger partial charge in [0.15, 0.2) is 0 Å². The van der Waals surface area contributed by atoms with Gasteiger partial charge in [0, 0.05) is 10.9 Å². The lowest BCUT2D eigenvalue weighted by atomic mass is 10.2. The van der Waals surface area contributed by atoms with Crippen molar-refractivity contribution in [1.29, 1.82) is 0 Å². The molecule has 2 rings (SSSR count). The first-order valence-corrected chi connectivity index (χ1v) is 4.77. The van der Waals surface area contributed by atoms with E-state index in [0.717, 1.165) is 10.9 Å². The summed E-state index contributed by atoms with van der Waals surface area (Å²) in [6.45, 7) is 0. The Bertz CT molecular complexity index is 521. The zero-order valence-electron chi connectivity index (χ0n) is 8.73.